The van der Waals surface area contributed by atoms with E-state index >= 15 is 0 Å². The molecule has 0 spiro atoms. The zero-order valence-corrected chi connectivity index (χ0v) is 13.2. The number of amides is 2. The summed E-state index contributed by atoms with van der Waals surface area (Å²) in [6.45, 7) is -2.43. The van der Waals surface area contributed by atoms with Gasteiger partial charge < -0.3 is 19.4 Å². The van der Waals surface area contributed by atoms with E-state index in [9.17, 15) is 18.4 Å². The van der Waals surface area contributed by atoms with Crippen molar-refractivity contribution in [2.24, 2.45) is 0 Å². The summed E-state index contributed by atoms with van der Waals surface area (Å²) < 4.78 is 33.6. The van der Waals surface area contributed by atoms with Crippen LogP contribution in [0.25, 0.3) is 0 Å². The highest BCUT2D eigenvalue weighted by Gasteiger charge is 2.35. The smallest absolute Gasteiger partial charge is 0.387 e. The largest absolute Gasteiger partial charge is 0.459 e. The summed E-state index contributed by atoms with van der Waals surface area (Å²) in [5, 5.41) is 2.69. The molecule has 0 saturated carbocycles. The number of carbonyl (C=O) groups excluding carboxylic acids is 2. The molecule has 1 fully saturated rings. The number of furan rings is 1. The van der Waals surface area contributed by atoms with E-state index in [1.807, 2.05) is 0 Å². The standard InChI is InChI=1S/C17H16F2N2O4/c18-17(19)25-12-7-5-11(6-8-12)20-15(22)13-3-1-9-21(13)16(23)14-4-2-10-24-14/h2,4-8,10,13,17H,1,3,9H2,(H,20,22). The molecule has 0 bridgehead atoms. The van der Waals surface area contributed by atoms with Crippen molar-refractivity contribution in [2.75, 3.05) is 11.9 Å². The summed E-state index contributed by atoms with van der Waals surface area (Å²) in [7, 11) is 0. The lowest BCUT2D eigenvalue weighted by Gasteiger charge is -2.23. The maximum atomic E-state index is 12.5. The molecule has 8 heteroatoms. The van der Waals surface area contributed by atoms with Crippen LogP contribution in [0.4, 0.5) is 14.5 Å². The van der Waals surface area contributed by atoms with Crippen LogP contribution in [0.1, 0.15) is 23.4 Å². The average molecular weight is 350 g/mol. The molecule has 3 rings (SSSR count). The fourth-order valence-corrected chi connectivity index (χ4v) is 2.77. The third-order valence-electron chi connectivity index (χ3n) is 3.90. The van der Waals surface area contributed by atoms with Crippen LogP contribution >= 0.6 is 0 Å². The van der Waals surface area contributed by atoms with Gasteiger partial charge in [-0.2, -0.15) is 8.78 Å². The molecule has 1 aromatic heterocycles. The quantitative estimate of drug-likeness (QED) is 0.899. The third kappa shape index (κ3) is 3.96. The van der Waals surface area contributed by atoms with Crippen LogP contribution in [0.5, 0.6) is 5.75 Å². The zero-order chi connectivity index (χ0) is 17.8. The molecule has 1 aliphatic heterocycles. The molecule has 1 N–H and O–H groups in total. The Morgan fingerprint density at radius 3 is 2.64 bits per heavy atom. The Kier molecular flexibility index (Phi) is 4.97. The zero-order valence-electron chi connectivity index (χ0n) is 13.2. The Hall–Kier alpha value is -2.90. The lowest BCUT2D eigenvalue weighted by molar-refractivity contribution is -0.119. The first-order chi connectivity index (χ1) is 12.0. The van der Waals surface area contributed by atoms with Crippen molar-refractivity contribution in [2.45, 2.75) is 25.5 Å². The number of halogens is 2. The topological polar surface area (TPSA) is 71.8 Å². The number of nitrogens with one attached hydrogen (secondary N) is 1. The number of hydrogen-bond acceptors (Lipinski definition) is 4. The SMILES string of the molecule is O=C(Nc1ccc(OC(F)F)cc1)C1CCCN1C(=O)c1ccco1. The van der Waals surface area contributed by atoms with E-state index in [2.05, 4.69) is 10.1 Å². The van der Waals surface area contributed by atoms with E-state index in [4.69, 9.17) is 4.42 Å². The molecule has 0 radical (unpaired) electrons. The fourth-order valence-electron chi connectivity index (χ4n) is 2.77. The van der Waals surface area contributed by atoms with Gasteiger partial charge in [0.05, 0.1) is 6.26 Å². The molecule has 1 aromatic carbocycles. The van der Waals surface area contributed by atoms with Crippen molar-refractivity contribution < 1.29 is 27.5 Å². The molecule has 2 amide bonds. The fraction of sp³-hybridized carbons (Fsp3) is 0.294. The maximum Gasteiger partial charge on any atom is 0.387 e. The monoisotopic (exact) mass is 350 g/mol. The van der Waals surface area contributed by atoms with Gasteiger partial charge in [0.15, 0.2) is 5.76 Å². The first-order valence-corrected chi connectivity index (χ1v) is 7.75. The van der Waals surface area contributed by atoms with E-state index < -0.39 is 12.7 Å². The normalized spacial score (nSPS) is 16.9. The summed E-state index contributed by atoms with van der Waals surface area (Å²) in [6.07, 6.45) is 2.66. The van der Waals surface area contributed by atoms with Gasteiger partial charge >= 0.3 is 6.61 Å². The van der Waals surface area contributed by atoms with Gasteiger partial charge in [-0.05, 0) is 49.2 Å². The Morgan fingerprint density at radius 2 is 2.00 bits per heavy atom. The van der Waals surface area contributed by atoms with Crippen LogP contribution in [0.15, 0.2) is 47.1 Å². The molecule has 25 heavy (non-hydrogen) atoms. The molecule has 132 valence electrons. The second-order valence-corrected chi connectivity index (χ2v) is 5.53. The number of ether oxygens (including phenoxy) is 1. The highest BCUT2D eigenvalue weighted by Crippen LogP contribution is 2.23. The Morgan fingerprint density at radius 1 is 1.24 bits per heavy atom. The van der Waals surface area contributed by atoms with Crippen LogP contribution in [0, 0.1) is 0 Å². The summed E-state index contributed by atoms with van der Waals surface area (Å²) in [4.78, 5) is 26.3. The van der Waals surface area contributed by atoms with Crippen molar-refractivity contribution in [3.63, 3.8) is 0 Å². The van der Waals surface area contributed by atoms with Crippen molar-refractivity contribution in [1.29, 1.82) is 0 Å². The minimum atomic E-state index is -2.90. The first kappa shape index (κ1) is 16.9. The first-order valence-electron chi connectivity index (χ1n) is 7.75. The van der Waals surface area contributed by atoms with Gasteiger partial charge in [0.1, 0.15) is 11.8 Å². The summed E-state index contributed by atoms with van der Waals surface area (Å²) in [5.41, 5.74) is 0.434. The highest BCUT2D eigenvalue weighted by atomic mass is 19.3. The van der Waals surface area contributed by atoms with E-state index in [1.54, 1.807) is 12.1 Å². The molecule has 0 aliphatic carbocycles. The van der Waals surface area contributed by atoms with Crippen LogP contribution < -0.4 is 10.1 Å². The molecule has 2 heterocycles. The molecule has 1 aliphatic rings. The van der Waals surface area contributed by atoms with E-state index in [-0.39, 0.29) is 23.3 Å². The van der Waals surface area contributed by atoms with Gasteiger partial charge in [-0.25, -0.2) is 0 Å². The number of anilines is 1. The number of benzene rings is 1. The predicted molar refractivity (Wildman–Crippen MR) is 84.5 cm³/mol. The number of carbonyl (C=O) groups is 2. The molecule has 1 saturated heterocycles. The average Bonchev–Trinajstić information content (AvgIpc) is 3.27. The number of hydrogen-bond donors (Lipinski definition) is 1. The Bertz CT molecular complexity index is 732. The number of nitrogens with zero attached hydrogens (tertiary/aromatic N) is 1. The molecule has 1 unspecified atom stereocenters. The maximum absolute atomic E-state index is 12.5. The van der Waals surface area contributed by atoms with Crippen LogP contribution in [0.2, 0.25) is 0 Å². The van der Waals surface area contributed by atoms with Crippen molar-refractivity contribution in [3.8, 4) is 5.75 Å². The predicted octanol–water partition coefficient (Wildman–Crippen LogP) is 3.12. The summed E-state index contributed by atoms with van der Waals surface area (Å²) >= 11 is 0. The van der Waals surface area contributed by atoms with Gasteiger partial charge in [0.25, 0.3) is 5.91 Å². The number of likely N-dealkylation sites (tertiary alicyclic amines) is 1. The molecule has 1 atom stereocenters. The lowest BCUT2D eigenvalue weighted by atomic mass is 10.2. The van der Waals surface area contributed by atoms with Crippen molar-refractivity contribution in [1.82, 2.24) is 4.90 Å². The Balaban J connectivity index is 1.64. The molecular weight excluding hydrogens is 334 g/mol. The number of rotatable bonds is 5. The van der Waals surface area contributed by atoms with Crippen LogP contribution in [-0.2, 0) is 4.79 Å². The second kappa shape index (κ2) is 7.33. The minimum absolute atomic E-state index is 0.00323. The summed E-state index contributed by atoms with van der Waals surface area (Å²) in [6, 6.07) is 8.16. The third-order valence-corrected chi connectivity index (χ3v) is 3.90. The lowest BCUT2D eigenvalue weighted by Crippen LogP contribution is -2.43. The van der Waals surface area contributed by atoms with E-state index in [0.29, 0.717) is 25.1 Å². The van der Waals surface area contributed by atoms with Crippen molar-refractivity contribution in [3.05, 3.63) is 48.4 Å². The van der Waals surface area contributed by atoms with Gasteiger partial charge in [-0.15, -0.1) is 0 Å². The number of alkyl halides is 2. The van der Waals surface area contributed by atoms with E-state index in [1.165, 1.54) is 35.4 Å². The van der Waals surface area contributed by atoms with Gasteiger partial charge in [0, 0.05) is 12.2 Å². The minimum Gasteiger partial charge on any atom is -0.459 e. The molecule has 2 aromatic rings. The second-order valence-electron chi connectivity index (χ2n) is 5.53. The highest BCUT2D eigenvalue weighted by molar-refractivity contribution is 6.00. The molecule has 6 nitrogen and oxygen atoms in total. The van der Waals surface area contributed by atoms with Gasteiger partial charge in [-0.3, -0.25) is 9.59 Å². The Labute approximate surface area is 142 Å². The summed E-state index contributed by atoms with van der Waals surface area (Å²) in [5.74, 6) is -0.472. The van der Waals surface area contributed by atoms with Crippen LogP contribution in [-0.4, -0.2) is 35.9 Å². The van der Waals surface area contributed by atoms with Crippen molar-refractivity contribution >= 4 is 17.5 Å². The van der Waals surface area contributed by atoms with Gasteiger partial charge in [0.2, 0.25) is 5.91 Å². The molecular formula is C17H16F2N2O4. The van der Waals surface area contributed by atoms with Crippen LogP contribution in [0.3, 0.4) is 0 Å². The van der Waals surface area contributed by atoms with Gasteiger partial charge in [-0.1, -0.05) is 0 Å². The van der Waals surface area contributed by atoms with E-state index in [0.717, 1.165) is 0 Å².